The molecule has 1 heterocycles. The van der Waals surface area contributed by atoms with Crippen LogP contribution in [0.3, 0.4) is 0 Å². The van der Waals surface area contributed by atoms with Gasteiger partial charge in [0.05, 0.1) is 45.8 Å². The molecule has 1 aromatic heterocycles. The number of ether oxygens (including phenoxy) is 3. The third-order valence-corrected chi connectivity index (χ3v) is 5.09. The molecule has 2 aromatic carbocycles. The molecule has 3 N–H and O–H groups in total. The summed E-state index contributed by atoms with van der Waals surface area (Å²) in [6, 6.07) is 12.5. The summed E-state index contributed by atoms with van der Waals surface area (Å²) in [5.74, 6) is 0.963. The van der Waals surface area contributed by atoms with Crippen LogP contribution in [-0.2, 0) is 4.79 Å². The summed E-state index contributed by atoms with van der Waals surface area (Å²) < 4.78 is 15.8. The molecule has 0 saturated carbocycles. The van der Waals surface area contributed by atoms with Gasteiger partial charge in [0.25, 0.3) is 5.91 Å². The lowest BCUT2D eigenvalue weighted by atomic mass is 10.1. The normalized spacial score (nSPS) is 11.4. The maximum atomic E-state index is 12.6. The monoisotopic (exact) mass is 452 g/mol. The maximum absolute atomic E-state index is 12.6. The lowest BCUT2D eigenvalue weighted by molar-refractivity contribution is -0.121. The summed E-state index contributed by atoms with van der Waals surface area (Å²) in [4.78, 5) is 32.8. The summed E-state index contributed by atoms with van der Waals surface area (Å²) >= 11 is 0. The van der Waals surface area contributed by atoms with Crippen LogP contribution in [0.5, 0.6) is 17.2 Å². The van der Waals surface area contributed by atoms with E-state index in [2.05, 4.69) is 20.6 Å². The van der Waals surface area contributed by atoms with Crippen LogP contribution in [0.4, 0.5) is 0 Å². The van der Waals surface area contributed by atoms with Crippen LogP contribution in [-0.4, -0.2) is 49.7 Å². The van der Waals surface area contributed by atoms with Gasteiger partial charge >= 0.3 is 0 Å². The number of rotatable bonds is 10. The van der Waals surface area contributed by atoms with Crippen molar-refractivity contribution in [3.63, 3.8) is 0 Å². The minimum absolute atomic E-state index is 0.196. The molecule has 0 aliphatic heterocycles. The highest BCUT2D eigenvalue weighted by atomic mass is 16.5. The molecule has 0 aliphatic rings. The number of aromatic nitrogens is 2. The Morgan fingerprint density at radius 1 is 1.03 bits per heavy atom. The number of H-pyrrole nitrogens is 1. The third-order valence-electron chi connectivity index (χ3n) is 5.09. The fraction of sp³-hybridized carbons (Fsp3) is 0.292. The zero-order chi connectivity index (χ0) is 23.8. The topological polar surface area (TPSA) is 115 Å². The lowest BCUT2D eigenvalue weighted by Crippen LogP contribution is -2.38. The number of hydrogen-bond acceptors (Lipinski definition) is 6. The summed E-state index contributed by atoms with van der Waals surface area (Å²) in [6.07, 6.45) is 2.38. The highest BCUT2D eigenvalue weighted by Crippen LogP contribution is 2.38. The maximum Gasteiger partial charge on any atom is 0.251 e. The number of benzene rings is 2. The van der Waals surface area contributed by atoms with E-state index >= 15 is 0 Å². The summed E-state index contributed by atoms with van der Waals surface area (Å²) in [5.41, 5.74) is 2.16. The predicted octanol–water partition coefficient (Wildman–Crippen LogP) is 3.10. The molecule has 3 rings (SSSR count). The van der Waals surface area contributed by atoms with Crippen molar-refractivity contribution < 1.29 is 23.8 Å². The average Bonchev–Trinajstić information content (AvgIpc) is 3.35. The molecule has 1 atom stereocenters. The molecule has 9 nitrogen and oxygen atoms in total. The molecule has 0 fully saturated rings. The molecule has 1 unspecified atom stereocenters. The zero-order valence-electron chi connectivity index (χ0n) is 19.1. The summed E-state index contributed by atoms with van der Waals surface area (Å²) in [6.45, 7) is 1.75. The van der Waals surface area contributed by atoms with Crippen LogP contribution in [0, 0.1) is 0 Å². The van der Waals surface area contributed by atoms with Gasteiger partial charge < -0.3 is 29.8 Å². The first-order valence-electron chi connectivity index (χ1n) is 10.5. The molecule has 2 amide bonds. The number of hydrogen-bond donors (Lipinski definition) is 3. The minimum Gasteiger partial charge on any atom is -0.493 e. The Hall–Kier alpha value is -4.01. The predicted molar refractivity (Wildman–Crippen MR) is 124 cm³/mol. The van der Waals surface area contributed by atoms with Crippen molar-refractivity contribution in [2.45, 2.75) is 19.4 Å². The van der Waals surface area contributed by atoms with E-state index in [0.717, 1.165) is 11.3 Å². The van der Waals surface area contributed by atoms with Crippen LogP contribution in [0.2, 0.25) is 0 Å². The van der Waals surface area contributed by atoms with Gasteiger partial charge in [-0.05, 0) is 24.1 Å². The van der Waals surface area contributed by atoms with E-state index in [4.69, 9.17) is 14.2 Å². The van der Waals surface area contributed by atoms with Gasteiger partial charge in [-0.2, -0.15) is 0 Å². The van der Waals surface area contributed by atoms with E-state index in [1.54, 1.807) is 6.20 Å². The average molecular weight is 453 g/mol. The Morgan fingerprint density at radius 2 is 1.70 bits per heavy atom. The molecule has 0 bridgehead atoms. The number of aromatic amines is 1. The van der Waals surface area contributed by atoms with Gasteiger partial charge in [-0.3, -0.25) is 9.59 Å². The van der Waals surface area contributed by atoms with Crippen LogP contribution in [0.1, 0.15) is 35.6 Å². The Kier molecular flexibility index (Phi) is 7.91. The number of carbonyl (C=O) groups excluding carboxylic acids is 2. The number of methoxy groups -OCH3 is 3. The molecule has 174 valence electrons. The molecule has 9 heteroatoms. The molecule has 3 aromatic rings. The number of nitrogens with one attached hydrogen (secondary N) is 3. The van der Waals surface area contributed by atoms with Crippen LogP contribution in [0.25, 0.3) is 11.3 Å². The number of carbonyl (C=O) groups is 2. The molecule has 0 aliphatic carbocycles. The van der Waals surface area contributed by atoms with Crippen LogP contribution >= 0.6 is 0 Å². The number of imidazole rings is 1. The Balaban J connectivity index is 1.62. The summed E-state index contributed by atoms with van der Waals surface area (Å²) in [5, 5.41) is 5.52. The van der Waals surface area contributed by atoms with Crippen molar-refractivity contribution in [3.8, 4) is 28.5 Å². The largest absolute Gasteiger partial charge is 0.493 e. The highest BCUT2D eigenvalue weighted by Gasteiger charge is 2.19. The summed E-state index contributed by atoms with van der Waals surface area (Å²) in [7, 11) is 4.42. The minimum atomic E-state index is -0.443. The van der Waals surface area contributed by atoms with E-state index in [9.17, 15) is 9.59 Å². The zero-order valence-corrected chi connectivity index (χ0v) is 19.1. The van der Waals surface area contributed by atoms with Crippen molar-refractivity contribution in [2.24, 2.45) is 0 Å². The second kappa shape index (κ2) is 11.0. The van der Waals surface area contributed by atoms with Gasteiger partial charge in [0.1, 0.15) is 5.82 Å². The van der Waals surface area contributed by atoms with Gasteiger partial charge in [-0.1, -0.05) is 37.3 Å². The third kappa shape index (κ3) is 5.62. The van der Waals surface area contributed by atoms with E-state index in [1.165, 1.54) is 33.5 Å². The van der Waals surface area contributed by atoms with Crippen molar-refractivity contribution in [3.05, 3.63) is 60.0 Å². The van der Waals surface area contributed by atoms with Crippen LogP contribution < -0.4 is 24.8 Å². The lowest BCUT2D eigenvalue weighted by Gasteiger charge is -2.16. The molecule has 0 saturated heterocycles. The number of nitrogens with zero attached hydrogens (tertiary/aromatic N) is 1. The highest BCUT2D eigenvalue weighted by molar-refractivity contribution is 5.97. The first-order chi connectivity index (χ1) is 16.0. The van der Waals surface area contributed by atoms with Crippen molar-refractivity contribution >= 4 is 11.8 Å². The van der Waals surface area contributed by atoms with Gasteiger partial charge in [0.2, 0.25) is 11.7 Å². The van der Waals surface area contributed by atoms with Crippen molar-refractivity contribution in [1.29, 1.82) is 0 Å². The van der Waals surface area contributed by atoms with Crippen LogP contribution in [0.15, 0.2) is 48.7 Å². The smallest absolute Gasteiger partial charge is 0.251 e. The molecular weight excluding hydrogens is 424 g/mol. The van der Waals surface area contributed by atoms with Crippen molar-refractivity contribution in [1.82, 2.24) is 20.6 Å². The fourth-order valence-electron chi connectivity index (χ4n) is 3.36. The molecule has 0 radical (unpaired) electrons. The quantitative estimate of drug-likeness (QED) is 0.436. The van der Waals surface area contributed by atoms with Gasteiger partial charge in [0, 0.05) is 5.56 Å². The standard InChI is InChI=1S/C24H28N4O5/c1-5-17(23-25-13-18(28-23)15-9-7-6-8-10-15)27-21(29)14-26-24(30)16-11-19(31-2)22(33-4)20(12-16)32-3/h6-13,17H,5,14H2,1-4H3,(H,25,28)(H,26,30)(H,27,29). The van der Waals surface area contributed by atoms with Crippen molar-refractivity contribution in [2.75, 3.05) is 27.9 Å². The van der Waals surface area contributed by atoms with E-state index in [-0.39, 0.29) is 24.1 Å². The Labute approximate surface area is 192 Å². The fourth-order valence-corrected chi connectivity index (χ4v) is 3.36. The second-order valence-electron chi connectivity index (χ2n) is 7.17. The molecular formula is C24H28N4O5. The van der Waals surface area contributed by atoms with E-state index in [1.807, 2.05) is 37.3 Å². The molecule has 33 heavy (non-hydrogen) atoms. The second-order valence-corrected chi connectivity index (χ2v) is 7.17. The SMILES string of the molecule is CCC(NC(=O)CNC(=O)c1cc(OC)c(OC)c(OC)c1)c1ncc(-c2ccccc2)[nH]1. The first kappa shape index (κ1) is 23.6. The van der Waals surface area contributed by atoms with E-state index < -0.39 is 5.91 Å². The van der Waals surface area contributed by atoms with Gasteiger partial charge in [0.15, 0.2) is 11.5 Å². The first-order valence-corrected chi connectivity index (χ1v) is 10.5. The Bertz CT molecular complexity index is 1070. The molecule has 0 spiro atoms. The van der Waals surface area contributed by atoms with Gasteiger partial charge in [-0.15, -0.1) is 0 Å². The van der Waals surface area contributed by atoms with Gasteiger partial charge in [-0.25, -0.2) is 4.98 Å². The van der Waals surface area contributed by atoms with E-state index in [0.29, 0.717) is 29.5 Å². The number of amides is 2. The Morgan fingerprint density at radius 3 is 2.27 bits per heavy atom.